The zero-order chi connectivity index (χ0) is 58.4. The number of anilines is 12. The fourth-order valence-corrected chi connectivity index (χ4v) is 11.5. The van der Waals surface area contributed by atoms with E-state index in [1.54, 1.807) is 0 Å². The molecule has 4 heteroatoms. The Morgan fingerprint density at radius 3 is 0.529 bits per heavy atom. The Balaban J connectivity index is 0.783. The van der Waals surface area contributed by atoms with Gasteiger partial charge in [0.05, 0.1) is 0 Å². The van der Waals surface area contributed by atoms with Gasteiger partial charge in [-0.15, -0.1) is 0 Å². The summed E-state index contributed by atoms with van der Waals surface area (Å²) < 4.78 is 0. The number of aryl methyl sites for hydroxylation is 7. The molecule has 0 saturated heterocycles. The van der Waals surface area contributed by atoms with Crippen LogP contribution in [0.15, 0.2) is 285 Å². The maximum Gasteiger partial charge on any atom is 0.0466 e. The maximum atomic E-state index is 2.35. The van der Waals surface area contributed by atoms with Gasteiger partial charge in [-0.05, 0) is 249 Å². The van der Waals surface area contributed by atoms with Crippen LogP contribution in [-0.2, 0) is 12.8 Å². The lowest BCUT2D eigenvalue weighted by atomic mass is 10.0. The number of benzene rings is 12. The highest BCUT2D eigenvalue weighted by Crippen LogP contribution is 2.42. The summed E-state index contributed by atoms with van der Waals surface area (Å²) in [6, 6.07) is 105. The molecule has 0 aromatic heterocycles. The van der Waals surface area contributed by atoms with E-state index in [2.05, 4.69) is 353 Å². The minimum absolute atomic E-state index is 1.02. The lowest BCUT2D eigenvalue weighted by Gasteiger charge is -2.27. The molecule has 0 bridgehead atoms. The van der Waals surface area contributed by atoms with Crippen molar-refractivity contribution >= 4 is 68.2 Å². The van der Waals surface area contributed by atoms with Gasteiger partial charge in [-0.1, -0.05) is 170 Å². The van der Waals surface area contributed by atoms with Gasteiger partial charge >= 0.3 is 0 Å². The van der Waals surface area contributed by atoms with Crippen LogP contribution in [0.25, 0.3) is 33.4 Å². The monoisotopic (exact) mass is 1100 g/mol. The predicted molar refractivity (Wildman–Crippen MR) is 364 cm³/mol. The fourth-order valence-electron chi connectivity index (χ4n) is 11.5. The fraction of sp³-hybridized carbons (Fsp3) is 0.111. The normalized spacial score (nSPS) is 11.1. The highest BCUT2D eigenvalue weighted by Gasteiger charge is 2.19. The van der Waals surface area contributed by atoms with Crippen molar-refractivity contribution < 1.29 is 0 Å². The van der Waals surface area contributed by atoms with E-state index < -0.39 is 0 Å². The van der Waals surface area contributed by atoms with E-state index in [0.717, 1.165) is 97.8 Å². The summed E-state index contributed by atoms with van der Waals surface area (Å²) in [6.45, 7) is 15.2. The summed E-state index contributed by atoms with van der Waals surface area (Å²) >= 11 is 0. The van der Waals surface area contributed by atoms with E-state index in [-0.39, 0.29) is 0 Å². The third kappa shape index (κ3) is 12.3. The van der Waals surface area contributed by atoms with Gasteiger partial charge in [0, 0.05) is 68.2 Å². The molecular weight excluding hydrogens is 1030 g/mol. The quantitative estimate of drug-likeness (QED) is 0.0901. The van der Waals surface area contributed by atoms with Crippen molar-refractivity contribution in [2.45, 2.75) is 61.3 Å². The molecule has 85 heavy (non-hydrogen) atoms. The minimum Gasteiger partial charge on any atom is -0.311 e. The lowest BCUT2D eigenvalue weighted by Crippen LogP contribution is -2.10. The summed E-state index contributed by atoms with van der Waals surface area (Å²) in [5.41, 5.74) is 29.2. The summed E-state index contributed by atoms with van der Waals surface area (Å²) in [4.78, 5) is 9.39. The Hall–Kier alpha value is -10.2. The lowest BCUT2D eigenvalue weighted by molar-refractivity contribution is 1.13. The molecule has 0 atom stereocenters. The van der Waals surface area contributed by atoms with Crippen LogP contribution in [0.4, 0.5) is 68.2 Å². The van der Waals surface area contributed by atoms with Gasteiger partial charge in [0.25, 0.3) is 0 Å². The SMILES string of the molecule is CCc1ccc(N(c2ccc(CC)cc2)c2ccc(-c3ccc(N(c4ccc(C)cc4)c4ccc(-c5ccc(N(c6ccc(C)cc6)c6ccc(-c7ccc(N(c8ccc(C)cc8)c8cc(C)cc(C)c8)cc7)cc6)cc5)cc4)cc3)cc2)cc1. The average Bonchev–Trinajstić information content (AvgIpc) is 3.71. The second-order valence-corrected chi connectivity index (χ2v) is 22.5. The zero-order valence-electron chi connectivity index (χ0n) is 49.8. The van der Waals surface area contributed by atoms with Crippen molar-refractivity contribution in [2.24, 2.45) is 0 Å². The van der Waals surface area contributed by atoms with Gasteiger partial charge in [0.2, 0.25) is 0 Å². The molecule has 0 amide bonds. The van der Waals surface area contributed by atoms with Crippen LogP contribution in [0.3, 0.4) is 0 Å². The third-order valence-electron chi connectivity index (χ3n) is 16.3. The molecule has 0 aliphatic carbocycles. The Morgan fingerprint density at radius 1 is 0.176 bits per heavy atom. The van der Waals surface area contributed by atoms with Gasteiger partial charge in [0.1, 0.15) is 0 Å². The van der Waals surface area contributed by atoms with E-state index in [1.165, 1.54) is 55.6 Å². The first-order chi connectivity index (χ1) is 41.5. The second kappa shape index (κ2) is 24.7. The van der Waals surface area contributed by atoms with Crippen molar-refractivity contribution in [3.8, 4) is 33.4 Å². The Kier molecular flexibility index (Phi) is 16.1. The van der Waals surface area contributed by atoms with Gasteiger partial charge < -0.3 is 19.6 Å². The van der Waals surface area contributed by atoms with E-state index >= 15 is 0 Å². The molecule has 4 nitrogen and oxygen atoms in total. The van der Waals surface area contributed by atoms with E-state index in [9.17, 15) is 0 Å². The molecular formula is C81H72N4. The molecule has 0 N–H and O–H groups in total. The smallest absolute Gasteiger partial charge is 0.0466 e. The van der Waals surface area contributed by atoms with Gasteiger partial charge in [-0.25, -0.2) is 0 Å². The largest absolute Gasteiger partial charge is 0.311 e. The Bertz CT molecular complexity index is 4080. The number of nitrogens with zero attached hydrogens (tertiary/aromatic N) is 4. The van der Waals surface area contributed by atoms with Crippen LogP contribution in [0, 0.1) is 34.6 Å². The molecule has 12 aromatic rings. The standard InChI is InChI=1S/C81H72N4/c1-8-62-16-38-73(39-17-62)84(74-40-18-63(9-2)19-41-74)79-50-28-67(29-51-79)66-24-46-77(47-25-66)82(70-32-10-57(3)11-33-70)75-42-20-64(21-43-75)65-22-44-76(45-23-65)83(71-34-12-58(4)13-35-71)78-48-26-68(27-49-78)69-30-52-80(53-31-69)85(72-36-14-59(5)15-37-72)81-55-60(6)54-61(7)56-81/h10-56H,8-9H2,1-7H3. The predicted octanol–water partition coefficient (Wildman–Crippen LogP) is 23.2. The van der Waals surface area contributed by atoms with Crippen molar-refractivity contribution in [3.63, 3.8) is 0 Å². The number of rotatable bonds is 17. The van der Waals surface area contributed by atoms with Gasteiger partial charge in [-0.3, -0.25) is 0 Å². The molecule has 0 unspecified atom stereocenters. The van der Waals surface area contributed by atoms with Crippen molar-refractivity contribution in [2.75, 3.05) is 19.6 Å². The van der Waals surface area contributed by atoms with Crippen LogP contribution < -0.4 is 19.6 Å². The highest BCUT2D eigenvalue weighted by molar-refractivity contribution is 5.85. The first kappa shape index (κ1) is 55.4. The summed E-state index contributed by atoms with van der Waals surface area (Å²) in [7, 11) is 0. The molecule has 0 spiro atoms. The first-order valence-corrected chi connectivity index (χ1v) is 29.8. The molecule has 0 aliphatic heterocycles. The molecule has 12 rings (SSSR count). The molecule has 416 valence electrons. The van der Waals surface area contributed by atoms with E-state index in [4.69, 9.17) is 0 Å². The van der Waals surface area contributed by atoms with Crippen LogP contribution in [0.2, 0.25) is 0 Å². The molecule has 12 aromatic carbocycles. The average molecular weight is 1100 g/mol. The molecule has 0 aliphatic rings. The Labute approximate surface area is 503 Å². The van der Waals surface area contributed by atoms with Gasteiger partial charge in [0.15, 0.2) is 0 Å². The third-order valence-corrected chi connectivity index (χ3v) is 16.3. The summed E-state index contributed by atoms with van der Waals surface area (Å²) in [5.74, 6) is 0. The minimum atomic E-state index is 1.02. The van der Waals surface area contributed by atoms with Crippen molar-refractivity contribution in [1.82, 2.24) is 0 Å². The molecule has 0 radical (unpaired) electrons. The van der Waals surface area contributed by atoms with E-state index in [1.807, 2.05) is 0 Å². The Morgan fingerprint density at radius 2 is 0.341 bits per heavy atom. The van der Waals surface area contributed by atoms with E-state index in [0.29, 0.717) is 0 Å². The number of hydrogen-bond donors (Lipinski definition) is 0. The topological polar surface area (TPSA) is 13.0 Å². The van der Waals surface area contributed by atoms with Gasteiger partial charge in [-0.2, -0.15) is 0 Å². The van der Waals surface area contributed by atoms with Crippen molar-refractivity contribution in [3.05, 3.63) is 324 Å². The first-order valence-electron chi connectivity index (χ1n) is 29.8. The molecule has 0 fully saturated rings. The zero-order valence-corrected chi connectivity index (χ0v) is 49.8. The number of hydrogen-bond acceptors (Lipinski definition) is 4. The highest BCUT2D eigenvalue weighted by atomic mass is 15.2. The maximum absolute atomic E-state index is 2.35. The van der Waals surface area contributed by atoms with Crippen molar-refractivity contribution in [1.29, 1.82) is 0 Å². The second-order valence-electron chi connectivity index (χ2n) is 22.5. The molecule has 0 heterocycles. The molecule has 0 saturated carbocycles. The summed E-state index contributed by atoms with van der Waals surface area (Å²) in [6.07, 6.45) is 2.03. The van der Waals surface area contributed by atoms with Crippen LogP contribution in [0.1, 0.15) is 52.8 Å². The van der Waals surface area contributed by atoms with Crippen LogP contribution >= 0.6 is 0 Å². The summed E-state index contributed by atoms with van der Waals surface area (Å²) in [5, 5.41) is 0. The van der Waals surface area contributed by atoms with Crippen LogP contribution in [-0.4, -0.2) is 0 Å². The van der Waals surface area contributed by atoms with Crippen LogP contribution in [0.5, 0.6) is 0 Å².